The SMILES string of the molecule is CC(c1nc(-c2ccc(OC(F)(F)F)cc2)c[nH]1)C1(N[S+]([O-])C(C)(C)C)COC1. The highest BCUT2D eigenvalue weighted by Gasteiger charge is 2.50. The van der Waals surface area contributed by atoms with E-state index in [1.54, 1.807) is 6.20 Å². The molecule has 3 rings (SSSR count). The molecular weight excluding hydrogens is 407 g/mol. The first-order valence-electron chi connectivity index (χ1n) is 9.09. The maximum atomic E-state index is 12.6. The second-order valence-electron chi connectivity index (χ2n) is 8.10. The van der Waals surface area contributed by atoms with Crippen molar-refractivity contribution < 1.29 is 27.2 Å². The number of rotatable bonds is 6. The largest absolute Gasteiger partial charge is 0.598 e. The molecule has 0 amide bonds. The lowest BCUT2D eigenvalue weighted by Gasteiger charge is -2.46. The third kappa shape index (κ3) is 5.06. The lowest BCUT2D eigenvalue weighted by atomic mass is 9.84. The molecule has 2 atom stereocenters. The number of aromatic amines is 1. The molecule has 0 aliphatic carbocycles. The fourth-order valence-corrected chi connectivity index (χ4v) is 3.82. The molecule has 0 saturated carbocycles. The number of hydrogen-bond donors (Lipinski definition) is 2. The van der Waals surface area contributed by atoms with Crippen LogP contribution in [0.25, 0.3) is 11.3 Å². The summed E-state index contributed by atoms with van der Waals surface area (Å²) in [5.41, 5.74) is 0.745. The van der Waals surface area contributed by atoms with E-state index in [1.807, 2.05) is 27.7 Å². The molecule has 2 unspecified atom stereocenters. The number of nitrogens with one attached hydrogen (secondary N) is 2. The summed E-state index contributed by atoms with van der Waals surface area (Å²) in [6, 6.07) is 5.52. The van der Waals surface area contributed by atoms with Crippen LogP contribution in [0.2, 0.25) is 0 Å². The molecule has 6 nitrogen and oxygen atoms in total. The average Bonchev–Trinajstić information content (AvgIpc) is 3.05. The fourth-order valence-electron chi connectivity index (χ4n) is 2.85. The highest BCUT2D eigenvalue weighted by Crippen LogP contribution is 2.36. The van der Waals surface area contributed by atoms with Gasteiger partial charge in [0.25, 0.3) is 0 Å². The normalized spacial score (nSPS) is 18.8. The van der Waals surface area contributed by atoms with Gasteiger partial charge >= 0.3 is 6.36 Å². The van der Waals surface area contributed by atoms with Crippen LogP contribution in [0.5, 0.6) is 5.75 Å². The number of aromatic nitrogens is 2. The molecule has 0 bridgehead atoms. The third-order valence-electron chi connectivity index (χ3n) is 4.79. The summed E-state index contributed by atoms with van der Waals surface area (Å²) in [6.07, 6.45) is -3.03. The van der Waals surface area contributed by atoms with E-state index < -0.39 is 28.0 Å². The fraction of sp³-hybridized carbons (Fsp3) is 0.526. The minimum atomic E-state index is -4.73. The molecule has 160 valence electrons. The van der Waals surface area contributed by atoms with Gasteiger partial charge in [-0.25, -0.2) is 4.98 Å². The predicted molar refractivity (Wildman–Crippen MR) is 104 cm³/mol. The Hall–Kier alpha value is -1.75. The zero-order chi connectivity index (χ0) is 21.4. The van der Waals surface area contributed by atoms with Crippen molar-refractivity contribution >= 4 is 11.4 Å². The summed E-state index contributed by atoms with van der Waals surface area (Å²) in [4.78, 5) is 7.71. The Morgan fingerprint density at radius 1 is 1.24 bits per heavy atom. The van der Waals surface area contributed by atoms with Crippen molar-refractivity contribution in [3.8, 4) is 17.0 Å². The first-order chi connectivity index (χ1) is 13.4. The van der Waals surface area contributed by atoms with E-state index >= 15 is 0 Å². The number of ether oxygens (including phenoxy) is 2. The van der Waals surface area contributed by atoms with Crippen molar-refractivity contribution in [1.82, 2.24) is 14.7 Å². The molecular formula is C19H24F3N3O3S. The minimum Gasteiger partial charge on any atom is -0.598 e. The monoisotopic (exact) mass is 431 g/mol. The number of imidazole rings is 1. The first kappa shape index (κ1) is 21.9. The Bertz CT molecular complexity index is 830. The molecule has 0 spiro atoms. The van der Waals surface area contributed by atoms with E-state index in [-0.39, 0.29) is 11.7 Å². The first-order valence-corrected chi connectivity index (χ1v) is 10.2. The number of halogens is 3. The minimum absolute atomic E-state index is 0.121. The van der Waals surface area contributed by atoms with Crippen LogP contribution >= 0.6 is 0 Å². The Morgan fingerprint density at radius 3 is 2.34 bits per heavy atom. The number of benzene rings is 1. The Balaban J connectivity index is 1.75. The number of alkyl halides is 3. The number of nitrogens with zero attached hydrogens (tertiary/aromatic N) is 1. The van der Waals surface area contributed by atoms with Crippen molar-refractivity contribution in [2.24, 2.45) is 0 Å². The molecule has 2 aromatic rings. The summed E-state index contributed by atoms with van der Waals surface area (Å²) >= 11 is -1.27. The van der Waals surface area contributed by atoms with E-state index in [0.29, 0.717) is 30.3 Å². The highest BCUT2D eigenvalue weighted by atomic mass is 32.2. The summed E-state index contributed by atoms with van der Waals surface area (Å²) in [7, 11) is 0. The van der Waals surface area contributed by atoms with Gasteiger partial charge in [-0.2, -0.15) is 0 Å². The molecule has 1 aliphatic heterocycles. The van der Waals surface area contributed by atoms with Crippen LogP contribution in [0.3, 0.4) is 0 Å². The zero-order valence-corrected chi connectivity index (χ0v) is 17.4. The molecule has 1 fully saturated rings. The second-order valence-corrected chi connectivity index (χ2v) is 10.1. The maximum absolute atomic E-state index is 12.6. The van der Waals surface area contributed by atoms with E-state index in [9.17, 15) is 17.7 Å². The van der Waals surface area contributed by atoms with Crippen molar-refractivity contribution in [1.29, 1.82) is 0 Å². The number of hydrogen-bond acceptors (Lipinski definition) is 5. The molecule has 1 saturated heterocycles. The standard InChI is InChI=1S/C19H24F3N3O3S/c1-12(18(10-27-11-18)25-29(26)17(2,3)4)16-23-9-15(24-16)13-5-7-14(8-6-13)28-19(20,21)22/h5-9,12,25H,10-11H2,1-4H3,(H,23,24). The van der Waals surface area contributed by atoms with E-state index in [1.165, 1.54) is 24.3 Å². The van der Waals surface area contributed by atoms with Crippen LogP contribution in [0.1, 0.15) is 39.4 Å². The Kier molecular flexibility index (Phi) is 5.92. The van der Waals surface area contributed by atoms with E-state index in [2.05, 4.69) is 19.4 Å². The van der Waals surface area contributed by atoms with Crippen molar-refractivity contribution in [3.63, 3.8) is 0 Å². The average molecular weight is 431 g/mol. The molecule has 10 heteroatoms. The molecule has 29 heavy (non-hydrogen) atoms. The van der Waals surface area contributed by atoms with Gasteiger partial charge < -0.3 is 19.0 Å². The number of H-pyrrole nitrogens is 1. The predicted octanol–water partition coefficient (Wildman–Crippen LogP) is 3.90. The van der Waals surface area contributed by atoms with Gasteiger partial charge in [0.05, 0.1) is 18.9 Å². The van der Waals surface area contributed by atoms with Crippen LogP contribution in [0, 0.1) is 0 Å². The Morgan fingerprint density at radius 2 is 1.86 bits per heavy atom. The quantitative estimate of drug-likeness (QED) is 0.678. The second kappa shape index (κ2) is 7.82. The van der Waals surface area contributed by atoms with Crippen LogP contribution in [-0.2, 0) is 16.1 Å². The summed E-state index contributed by atoms with van der Waals surface area (Å²) < 4.78 is 61.5. The van der Waals surface area contributed by atoms with Crippen LogP contribution in [0.4, 0.5) is 13.2 Å². The van der Waals surface area contributed by atoms with Gasteiger partial charge in [-0.15, -0.1) is 17.9 Å². The molecule has 1 aliphatic rings. The summed E-state index contributed by atoms with van der Waals surface area (Å²) in [6.45, 7) is 8.48. The lowest BCUT2D eigenvalue weighted by Crippen LogP contribution is -2.66. The van der Waals surface area contributed by atoms with E-state index in [0.717, 1.165) is 0 Å². The lowest BCUT2D eigenvalue weighted by molar-refractivity contribution is -0.274. The van der Waals surface area contributed by atoms with Gasteiger partial charge in [-0.3, -0.25) is 0 Å². The van der Waals surface area contributed by atoms with Crippen molar-refractivity contribution in [3.05, 3.63) is 36.3 Å². The molecule has 1 aromatic heterocycles. The van der Waals surface area contributed by atoms with Gasteiger partial charge in [0.1, 0.15) is 21.9 Å². The zero-order valence-electron chi connectivity index (χ0n) is 16.6. The molecule has 0 radical (unpaired) electrons. The van der Waals surface area contributed by atoms with Crippen LogP contribution in [-0.4, -0.2) is 44.4 Å². The highest BCUT2D eigenvalue weighted by molar-refractivity contribution is 7.90. The Labute approximate surface area is 170 Å². The van der Waals surface area contributed by atoms with Gasteiger partial charge in [0, 0.05) is 29.0 Å². The third-order valence-corrected chi connectivity index (χ3v) is 6.50. The van der Waals surface area contributed by atoms with Gasteiger partial charge in [-0.1, -0.05) is 6.92 Å². The molecule has 2 heterocycles. The molecule has 1 aromatic carbocycles. The summed E-state index contributed by atoms with van der Waals surface area (Å²) in [5, 5.41) is 0. The summed E-state index contributed by atoms with van der Waals surface area (Å²) in [5.74, 6) is 0.270. The van der Waals surface area contributed by atoms with Gasteiger partial charge in [0.2, 0.25) is 0 Å². The topological polar surface area (TPSA) is 82.2 Å². The van der Waals surface area contributed by atoms with Crippen molar-refractivity contribution in [2.75, 3.05) is 13.2 Å². The van der Waals surface area contributed by atoms with E-state index in [4.69, 9.17) is 4.74 Å². The van der Waals surface area contributed by atoms with Gasteiger partial charge in [0.15, 0.2) is 0 Å². The molecule has 2 N–H and O–H groups in total. The van der Waals surface area contributed by atoms with Crippen molar-refractivity contribution in [2.45, 2.75) is 50.3 Å². The van der Waals surface area contributed by atoms with Crippen LogP contribution in [0.15, 0.2) is 30.5 Å². The smallest absolute Gasteiger partial charge is 0.573 e. The van der Waals surface area contributed by atoms with Crippen LogP contribution < -0.4 is 9.46 Å². The van der Waals surface area contributed by atoms with Gasteiger partial charge in [-0.05, 0) is 45.0 Å². The maximum Gasteiger partial charge on any atom is 0.573 e.